The van der Waals surface area contributed by atoms with Crippen LogP contribution in [0.15, 0.2) is 24.0 Å². The fourth-order valence-electron chi connectivity index (χ4n) is 1.77. The van der Waals surface area contributed by atoms with Gasteiger partial charge in [-0.05, 0) is 25.7 Å². The Balaban J connectivity index is 2.12. The highest BCUT2D eigenvalue weighted by Crippen LogP contribution is 2.40. The first-order valence-corrected chi connectivity index (χ1v) is 5.56. The Morgan fingerprint density at radius 2 is 2.29 bits per heavy atom. The number of aromatic nitrogens is 2. The van der Waals surface area contributed by atoms with Crippen LogP contribution in [0.5, 0.6) is 0 Å². The molecule has 86 valence electrons. The van der Waals surface area contributed by atoms with Crippen molar-refractivity contribution in [1.29, 1.82) is 10.5 Å². The van der Waals surface area contributed by atoms with Crippen LogP contribution in [-0.2, 0) is 0 Å². The lowest BCUT2D eigenvalue weighted by Gasteiger charge is -2.14. The summed E-state index contributed by atoms with van der Waals surface area (Å²) in [7, 11) is 0. The first kappa shape index (κ1) is 11.2. The Hall–Kier alpha value is -2.27. The third-order valence-electron chi connectivity index (χ3n) is 2.97. The Morgan fingerprint density at radius 1 is 1.59 bits per heavy atom. The van der Waals surface area contributed by atoms with Gasteiger partial charge in [-0.3, -0.25) is 0 Å². The second kappa shape index (κ2) is 4.71. The van der Waals surface area contributed by atoms with Crippen LogP contribution in [0, 0.1) is 28.6 Å². The highest BCUT2D eigenvalue weighted by Gasteiger charge is 2.30. The van der Waals surface area contributed by atoms with E-state index in [2.05, 4.69) is 17.3 Å². The molecule has 1 heterocycles. The predicted octanol–water partition coefficient (Wildman–Crippen LogP) is 2.20. The molecule has 5 nitrogen and oxygen atoms in total. The molecule has 0 aliphatic heterocycles. The van der Waals surface area contributed by atoms with Crippen molar-refractivity contribution in [2.24, 2.45) is 5.92 Å². The van der Waals surface area contributed by atoms with E-state index in [4.69, 9.17) is 10.5 Å². The van der Waals surface area contributed by atoms with Crippen molar-refractivity contribution >= 4 is 5.82 Å². The summed E-state index contributed by atoms with van der Waals surface area (Å²) < 4.78 is 1.90. The average Bonchev–Trinajstić information content (AvgIpc) is 3.09. The molecule has 1 aromatic rings. The fraction of sp³-hybridized carbons (Fsp3) is 0.417. The average molecular weight is 227 g/mol. The van der Waals surface area contributed by atoms with Crippen LogP contribution in [-0.4, -0.2) is 9.78 Å². The van der Waals surface area contributed by atoms with Crippen molar-refractivity contribution in [3.05, 3.63) is 24.0 Å². The van der Waals surface area contributed by atoms with Crippen molar-refractivity contribution < 1.29 is 0 Å². The molecule has 0 radical (unpaired) electrons. The van der Waals surface area contributed by atoms with Crippen LogP contribution >= 0.6 is 0 Å². The van der Waals surface area contributed by atoms with E-state index in [1.165, 1.54) is 19.0 Å². The molecule has 1 aliphatic rings. The van der Waals surface area contributed by atoms with Crippen LogP contribution in [0.2, 0.25) is 0 Å². The molecule has 1 unspecified atom stereocenters. The Morgan fingerprint density at radius 3 is 2.88 bits per heavy atom. The number of rotatable bonds is 4. The number of nitrogens with one attached hydrogen (secondary N) is 1. The zero-order valence-electron chi connectivity index (χ0n) is 9.59. The van der Waals surface area contributed by atoms with E-state index in [0.29, 0.717) is 12.0 Å². The van der Waals surface area contributed by atoms with Crippen LogP contribution in [0.4, 0.5) is 5.82 Å². The van der Waals surface area contributed by atoms with Gasteiger partial charge in [-0.2, -0.15) is 15.6 Å². The Bertz CT molecular complexity index is 494. The molecule has 17 heavy (non-hydrogen) atoms. The fourth-order valence-corrected chi connectivity index (χ4v) is 1.77. The van der Waals surface area contributed by atoms with Crippen molar-refractivity contribution in [3.63, 3.8) is 0 Å². The van der Waals surface area contributed by atoms with Crippen molar-refractivity contribution in [2.75, 3.05) is 5.32 Å². The van der Waals surface area contributed by atoms with E-state index in [1.807, 2.05) is 10.7 Å². The van der Waals surface area contributed by atoms with Gasteiger partial charge in [0.05, 0.1) is 12.2 Å². The zero-order chi connectivity index (χ0) is 12.3. The van der Waals surface area contributed by atoms with Gasteiger partial charge in [0.2, 0.25) is 0 Å². The van der Waals surface area contributed by atoms with Gasteiger partial charge in [-0.15, -0.1) is 0 Å². The van der Waals surface area contributed by atoms with Crippen LogP contribution in [0.25, 0.3) is 0 Å². The monoisotopic (exact) mass is 227 g/mol. The quantitative estimate of drug-likeness (QED) is 0.800. The molecular weight excluding hydrogens is 214 g/mol. The molecule has 1 fully saturated rings. The van der Waals surface area contributed by atoms with Crippen molar-refractivity contribution in [2.45, 2.75) is 25.8 Å². The lowest BCUT2D eigenvalue weighted by Crippen LogP contribution is -2.11. The van der Waals surface area contributed by atoms with Crippen LogP contribution in [0.1, 0.15) is 25.8 Å². The van der Waals surface area contributed by atoms with E-state index in [1.54, 1.807) is 18.3 Å². The van der Waals surface area contributed by atoms with E-state index < -0.39 is 0 Å². The van der Waals surface area contributed by atoms with E-state index in [0.717, 1.165) is 5.82 Å². The molecule has 0 spiro atoms. The Labute approximate surface area is 100.0 Å². The van der Waals surface area contributed by atoms with Gasteiger partial charge < -0.3 is 5.32 Å². The van der Waals surface area contributed by atoms with E-state index in [-0.39, 0.29) is 5.57 Å². The SMILES string of the molecule is CC(C1CC1)n1nccc1NC=C(C#N)C#N. The van der Waals surface area contributed by atoms with Gasteiger partial charge in [-0.1, -0.05) is 0 Å². The van der Waals surface area contributed by atoms with Crippen molar-refractivity contribution in [1.82, 2.24) is 9.78 Å². The normalized spacial score (nSPS) is 15.5. The second-order valence-electron chi connectivity index (χ2n) is 4.17. The second-order valence-corrected chi connectivity index (χ2v) is 4.17. The summed E-state index contributed by atoms with van der Waals surface area (Å²) in [5, 5.41) is 24.5. The zero-order valence-corrected chi connectivity index (χ0v) is 9.59. The first-order valence-electron chi connectivity index (χ1n) is 5.56. The van der Waals surface area contributed by atoms with E-state index >= 15 is 0 Å². The summed E-state index contributed by atoms with van der Waals surface area (Å²) in [5.74, 6) is 1.51. The summed E-state index contributed by atoms with van der Waals surface area (Å²) in [6.45, 7) is 2.13. The molecular formula is C12H13N5. The van der Waals surface area contributed by atoms with Gasteiger partial charge in [0.1, 0.15) is 23.5 Å². The molecule has 0 aromatic carbocycles. The molecule has 0 bridgehead atoms. The Kier molecular flexibility index (Phi) is 3.11. The summed E-state index contributed by atoms with van der Waals surface area (Å²) in [6.07, 6.45) is 5.62. The maximum atomic E-state index is 8.63. The maximum absolute atomic E-state index is 8.63. The van der Waals surface area contributed by atoms with Gasteiger partial charge in [-0.25, -0.2) is 4.68 Å². The van der Waals surface area contributed by atoms with Crippen LogP contribution < -0.4 is 5.32 Å². The van der Waals surface area contributed by atoms with Gasteiger partial charge >= 0.3 is 0 Å². The number of nitriles is 2. The highest BCUT2D eigenvalue weighted by molar-refractivity contribution is 5.44. The molecule has 1 atom stereocenters. The van der Waals surface area contributed by atoms with Gasteiger partial charge in [0.25, 0.3) is 0 Å². The topological polar surface area (TPSA) is 77.4 Å². The minimum absolute atomic E-state index is 0.0526. The number of hydrogen-bond donors (Lipinski definition) is 1. The molecule has 1 N–H and O–H groups in total. The summed E-state index contributed by atoms with van der Waals surface area (Å²) in [6, 6.07) is 5.80. The third-order valence-corrected chi connectivity index (χ3v) is 2.97. The van der Waals surface area contributed by atoms with Crippen LogP contribution in [0.3, 0.4) is 0 Å². The minimum atomic E-state index is 0.0526. The minimum Gasteiger partial charge on any atom is -0.345 e. The number of anilines is 1. The lowest BCUT2D eigenvalue weighted by molar-refractivity contribution is 0.445. The molecule has 0 amide bonds. The van der Waals surface area contributed by atoms with Crippen molar-refractivity contribution in [3.8, 4) is 12.1 Å². The number of nitrogens with zero attached hydrogens (tertiary/aromatic N) is 4. The smallest absolute Gasteiger partial charge is 0.145 e. The summed E-state index contributed by atoms with van der Waals surface area (Å²) in [5.41, 5.74) is 0.0526. The molecule has 0 saturated heterocycles. The molecule has 2 rings (SSSR count). The number of hydrogen-bond acceptors (Lipinski definition) is 4. The standard InChI is InChI=1S/C12H13N5/c1-9(11-2-3-11)17-12(4-5-16-17)15-8-10(6-13)7-14/h4-5,8-9,11,15H,2-3H2,1H3. The molecule has 1 aliphatic carbocycles. The summed E-state index contributed by atoms with van der Waals surface area (Å²) in [4.78, 5) is 0. The maximum Gasteiger partial charge on any atom is 0.145 e. The molecule has 1 aromatic heterocycles. The largest absolute Gasteiger partial charge is 0.345 e. The lowest BCUT2D eigenvalue weighted by atomic mass is 10.2. The molecule has 5 heteroatoms. The highest BCUT2D eigenvalue weighted by atomic mass is 15.3. The summed E-state index contributed by atoms with van der Waals surface area (Å²) >= 11 is 0. The molecule has 1 saturated carbocycles. The number of allylic oxidation sites excluding steroid dienone is 1. The predicted molar refractivity (Wildman–Crippen MR) is 62.6 cm³/mol. The van der Waals surface area contributed by atoms with Gasteiger partial charge in [0.15, 0.2) is 0 Å². The first-order chi connectivity index (χ1) is 8.26. The van der Waals surface area contributed by atoms with E-state index in [9.17, 15) is 0 Å². The third kappa shape index (κ3) is 2.46. The van der Waals surface area contributed by atoms with Gasteiger partial charge in [0, 0.05) is 12.3 Å².